The van der Waals surface area contributed by atoms with Crippen molar-refractivity contribution in [3.05, 3.63) is 35.9 Å². The van der Waals surface area contributed by atoms with Crippen molar-refractivity contribution < 1.29 is 4.79 Å². The number of guanidine groups is 1. The van der Waals surface area contributed by atoms with Gasteiger partial charge in [-0.05, 0) is 18.6 Å². The van der Waals surface area contributed by atoms with Crippen molar-refractivity contribution in [2.24, 2.45) is 4.99 Å². The van der Waals surface area contributed by atoms with Crippen LogP contribution in [0.1, 0.15) is 16.8 Å². The standard InChI is InChI=1S/C13H18N4O.HI/c18-12(11-5-2-1-3-6-11)14-9-10-17-13-15-7-4-8-16-13;/h1-3,5-6H,4,7-10H2,(H,14,18)(H2,15,16,17);1H. The highest BCUT2D eigenvalue weighted by Crippen LogP contribution is 1.97. The lowest BCUT2D eigenvalue weighted by Crippen LogP contribution is -2.43. The van der Waals surface area contributed by atoms with Crippen LogP contribution in [0.5, 0.6) is 0 Å². The number of nitrogens with one attached hydrogen (secondary N) is 3. The number of hydrogen-bond donors (Lipinski definition) is 3. The summed E-state index contributed by atoms with van der Waals surface area (Å²) in [4.78, 5) is 16.0. The molecule has 0 saturated heterocycles. The molecule has 0 saturated carbocycles. The highest BCUT2D eigenvalue weighted by atomic mass is 127. The van der Waals surface area contributed by atoms with Gasteiger partial charge >= 0.3 is 0 Å². The number of benzene rings is 1. The summed E-state index contributed by atoms with van der Waals surface area (Å²) < 4.78 is 0. The largest absolute Gasteiger partial charge is 0.356 e. The van der Waals surface area contributed by atoms with Crippen molar-refractivity contribution >= 4 is 35.8 Å². The Kier molecular flexibility index (Phi) is 7.24. The van der Waals surface area contributed by atoms with E-state index in [2.05, 4.69) is 20.9 Å². The molecule has 0 aliphatic carbocycles. The van der Waals surface area contributed by atoms with Gasteiger partial charge in [0.15, 0.2) is 5.96 Å². The SMILES string of the molecule is I.O=C(NCCNC1=NCCCN1)c1ccccc1. The number of rotatable bonds is 4. The van der Waals surface area contributed by atoms with E-state index in [4.69, 9.17) is 0 Å². The summed E-state index contributed by atoms with van der Waals surface area (Å²) in [5, 5.41) is 9.17. The molecular weight excluding hydrogens is 355 g/mol. The van der Waals surface area contributed by atoms with Crippen molar-refractivity contribution in [1.82, 2.24) is 16.0 Å². The van der Waals surface area contributed by atoms with Gasteiger partial charge in [-0.3, -0.25) is 9.79 Å². The minimum absolute atomic E-state index is 0. The molecule has 3 N–H and O–H groups in total. The molecule has 0 unspecified atom stereocenters. The Hall–Kier alpha value is -1.31. The monoisotopic (exact) mass is 374 g/mol. The second-order valence-electron chi connectivity index (χ2n) is 4.06. The molecule has 1 aromatic rings. The molecule has 0 spiro atoms. The maximum absolute atomic E-state index is 11.7. The van der Waals surface area contributed by atoms with E-state index in [1.807, 2.05) is 18.2 Å². The fourth-order valence-electron chi connectivity index (χ4n) is 1.70. The lowest BCUT2D eigenvalue weighted by atomic mass is 10.2. The van der Waals surface area contributed by atoms with E-state index in [1.165, 1.54) is 0 Å². The van der Waals surface area contributed by atoms with Crippen LogP contribution in [0, 0.1) is 0 Å². The van der Waals surface area contributed by atoms with Gasteiger partial charge in [-0.15, -0.1) is 24.0 Å². The molecule has 1 aliphatic heterocycles. The summed E-state index contributed by atoms with van der Waals surface area (Å²) in [6.07, 6.45) is 1.08. The molecule has 0 fully saturated rings. The third kappa shape index (κ3) is 5.46. The van der Waals surface area contributed by atoms with Crippen LogP contribution in [0.3, 0.4) is 0 Å². The fourth-order valence-corrected chi connectivity index (χ4v) is 1.70. The summed E-state index contributed by atoms with van der Waals surface area (Å²) >= 11 is 0. The van der Waals surface area contributed by atoms with Crippen molar-refractivity contribution in [2.75, 3.05) is 26.2 Å². The fraction of sp³-hybridized carbons (Fsp3) is 0.385. The number of nitrogens with zero attached hydrogens (tertiary/aromatic N) is 1. The zero-order valence-electron chi connectivity index (χ0n) is 10.7. The molecule has 6 heteroatoms. The van der Waals surface area contributed by atoms with Crippen molar-refractivity contribution in [3.8, 4) is 0 Å². The highest BCUT2D eigenvalue weighted by molar-refractivity contribution is 14.0. The molecule has 0 aromatic heterocycles. The highest BCUT2D eigenvalue weighted by Gasteiger charge is 2.04. The first-order valence-electron chi connectivity index (χ1n) is 6.22. The van der Waals surface area contributed by atoms with Gasteiger partial charge in [0, 0.05) is 31.7 Å². The predicted octanol–water partition coefficient (Wildman–Crippen LogP) is 0.973. The van der Waals surface area contributed by atoms with Gasteiger partial charge in [0.2, 0.25) is 0 Å². The molecule has 1 aromatic carbocycles. The average Bonchev–Trinajstić information content (AvgIpc) is 2.45. The number of aliphatic imine (C=N–C) groups is 1. The quantitative estimate of drug-likeness (QED) is 0.544. The molecule has 19 heavy (non-hydrogen) atoms. The number of carbonyl (C=O) groups is 1. The minimum Gasteiger partial charge on any atom is -0.356 e. The number of hydrogen-bond acceptors (Lipinski definition) is 4. The maximum Gasteiger partial charge on any atom is 0.251 e. The van der Waals surface area contributed by atoms with Crippen LogP contribution >= 0.6 is 24.0 Å². The van der Waals surface area contributed by atoms with Crippen LogP contribution in [-0.4, -0.2) is 38.0 Å². The molecule has 0 radical (unpaired) electrons. The Labute approximate surface area is 130 Å². The van der Waals surface area contributed by atoms with E-state index in [1.54, 1.807) is 12.1 Å². The Morgan fingerprint density at radius 2 is 2.05 bits per heavy atom. The Bertz CT molecular complexity index is 422. The first kappa shape index (κ1) is 15.7. The topological polar surface area (TPSA) is 65.5 Å². The van der Waals surface area contributed by atoms with Gasteiger partial charge in [-0.25, -0.2) is 0 Å². The zero-order valence-corrected chi connectivity index (χ0v) is 13.0. The Balaban J connectivity index is 0.00000180. The zero-order chi connectivity index (χ0) is 12.6. The van der Waals surface area contributed by atoms with E-state index in [0.29, 0.717) is 18.7 Å². The third-order valence-corrected chi connectivity index (χ3v) is 2.64. The van der Waals surface area contributed by atoms with E-state index < -0.39 is 0 Å². The van der Waals surface area contributed by atoms with Gasteiger partial charge in [-0.2, -0.15) is 0 Å². The van der Waals surface area contributed by atoms with Crippen LogP contribution in [0.25, 0.3) is 0 Å². The molecule has 1 aliphatic rings. The summed E-state index contributed by atoms with van der Waals surface area (Å²) in [6.45, 7) is 3.08. The maximum atomic E-state index is 11.7. The van der Waals surface area contributed by atoms with Crippen LogP contribution < -0.4 is 16.0 Å². The van der Waals surface area contributed by atoms with Crippen LogP contribution in [0.2, 0.25) is 0 Å². The van der Waals surface area contributed by atoms with Crippen molar-refractivity contribution in [3.63, 3.8) is 0 Å². The van der Waals surface area contributed by atoms with Gasteiger partial charge < -0.3 is 16.0 Å². The molecule has 104 valence electrons. The van der Waals surface area contributed by atoms with Gasteiger partial charge in [0.1, 0.15) is 0 Å². The first-order valence-corrected chi connectivity index (χ1v) is 6.22. The molecule has 1 amide bonds. The second kappa shape index (κ2) is 8.73. The summed E-state index contributed by atoms with van der Waals surface area (Å²) in [5.41, 5.74) is 0.686. The lowest BCUT2D eigenvalue weighted by molar-refractivity contribution is 0.0954. The minimum atomic E-state index is -0.0454. The average molecular weight is 374 g/mol. The van der Waals surface area contributed by atoms with Crippen LogP contribution in [0.4, 0.5) is 0 Å². The normalized spacial score (nSPS) is 13.6. The van der Waals surface area contributed by atoms with E-state index in [-0.39, 0.29) is 29.9 Å². The summed E-state index contributed by atoms with van der Waals surface area (Å²) in [5.74, 6) is 0.783. The van der Waals surface area contributed by atoms with Crippen LogP contribution in [0.15, 0.2) is 35.3 Å². The Morgan fingerprint density at radius 1 is 1.26 bits per heavy atom. The Morgan fingerprint density at radius 3 is 2.74 bits per heavy atom. The number of carbonyl (C=O) groups excluding carboxylic acids is 1. The second-order valence-corrected chi connectivity index (χ2v) is 4.06. The van der Waals surface area contributed by atoms with E-state index >= 15 is 0 Å². The lowest BCUT2D eigenvalue weighted by Gasteiger charge is -2.16. The van der Waals surface area contributed by atoms with Gasteiger partial charge in [0.05, 0.1) is 0 Å². The number of amides is 1. The molecule has 0 atom stereocenters. The van der Waals surface area contributed by atoms with Crippen molar-refractivity contribution in [2.45, 2.75) is 6.42 Å². The van der Waals surface area contributed by atoms with Crippen LogP contribution in [-0.2, 0) is 0 Å². The molecule has 1 heterocycles. The molecule has 0 bridgehead atoms. The van der Waals surface area contributed by atoms with Gasteiger partial charge in [-0.1, -0.05) is 18.2 Å². The summed E-state index contributed by atoms with van der Waals surface area (Å²) in [7, 11) is 0. The smallest absolute Gasteiger partial charge is 0.251 e. The van der Waals surface area contributed by atoms with E-state index in [0.717, 1.165) is 25.5 Å². The number of halogens is 1. The molecule has 5 nitrogen and oxygen atoms in total. The predicted molar refractivity (Wildman–Crippen MR) is 87.1 cm³/mol. The summed E-state index contributed by atoms with van der Waals surface area (Å²) in [6, 6.07) is 9.21. The first-order chi connectivity index (χ1) is 8.86. The van der Waals surface area contributed by atoms with Gasteiger partial charge in [0.25, 0.3) is 5.91 Å². The van der Waals surface area contributed by atoms with E-state index in [9.17, 15) is 4.79 Å². The van der Waals surface area contributed by atoms with Crippen molar-refractivity contribution in [1.29, 1.82) is 0 Å². The molecular formula is C13H19IN4O. The third-order valence-electron chi connectivity index (χ3n) is 2.64. The molecule has 2 rings (SSSR count).